The van der Waals surface area contributed by atoms with Crippen molar-refractivity contribution >= 4 is 46.6 Å². The van der Waals surface area contributed by atoms with Gasteiger partial charge in [-0.2, -0.15) is 0 Å². The van der Waals surface area contributed by atoms with Gasteiger partial charge in [-0.25, -0.2) is 0 Å². The summed E-state index contributed by atoms with van der Waals surface area (Å²) in [6, 6.07) is 60.3. The Bertz CT molecular complexity index is 3460. The summed E-state index contributed by atoms with van der Waals surface area (Å²) in [4.78, 5) is 2.64. The number of anilines is 5. The van der Waals surface area contributed by atoms with Gasteiger partial charge < -0.3 is 10.2 Å². The van der Waals surface area contributed by atoms with Gasteiger partial charge in [-0.3, -0.25) is 0 Å². The molecule has 0 saturated carbocycles. The molecule has 1 N–H and O–H groups in total. The van der Waals surface area contributed by atoms with Crippen LogP contribution in [0, 0.1) is 6.92 Å². The average Bonchev–Trinajstić information content (AvgIpc) is 3.59. The Morgan fingerprint density at radius 1 is 0.423 bits per heavy atom. The predicted molar refractivity (Wildman–Crippen MR) is 305 cm³/mol. The van der Waals surface area contributed by atoms with Crippen molar-refractivity contribution in [1.29, 1.82) is 0 Å². The lowest BCUT2D eigenvalue weighted by Crippen LogP contribution is -2.42. The van der Waals surface area contributed by atoms with Crippen LogP contribution in [0.4, 0.5) is 28.4 Å². The molecule has 8 aromatic carbocycles. The number of hydrogen-bond donors (Lipinski definition) is 1. The van der Waals surface area contributed by atoms with Gasteiger partial charge in [-0.15, -0.1) is 0 Å². The van der Waals surface area contributed by atoms with Crippen molar-refractivity contribution in [3.05, 3.63) is 197 Å². The van der Waals surface area contributed by atoms with Crippen molar-refractivity contribution < 1.29 is 0 Å². The number of hydrogen-bond acceptors (Lipinski definition) is 2. The summed E-state index contributed by atoms with van der Waals surface area (Å²) >= 11 is 0. The second kappa shape index (κ2) is 16.0. The first-order valence-corrected chi connectivity index (χ1v) is 26.3. The fourth-order valence-electron chi connectivity index (χ4n) is 13.2. The average molecular weight is 924 g/mol. The molecule has 8 aromatic rings. The zero-order valence-corrected chi connectivity index (χ0v) is 43.9. The molecule has 0 fully saturated rings. The smallest absolute Gasteiger partial charge is 0.197 e. The lowest BCUT2D eigenvalue weighted by Gasteiger charge is -2.44. The molecule has 4 aliphatic rings. The molecule has 3 aliphatic carbocycles. The molecule has 71 heavy (non-hydrogen) atoms. The number of aryl methyl sites for hydroxylation is 1. The van der Waals surface area contributed by atoms with E-state index in [1.807, 2.05) is 0 Å². The van der Waals surface area contributed by atoms with Crippen LogP contribution in [-0.2, 0) is 27.1 Å². The Labute approximate surface area is 424 Å². The summed E-state index contributed by atoms with van der Waals surface area (Å²) in [6.07, 6.45) is 4.70. The van der Waals surface area contributed by atoms with E-state index in [4.69, 9.17) is 0 Å². The first-order chi connectivity index (χ1) is 33.8. The molecule has 1 radical (unpaired) electrons. The van der Waals surface area contributed by atoms with Crippen LogP contribution in [0.25, 0.3) is 44.5 Å². The summed E-state index contributed by atoms with van der Waals surface area (Å²) < 4.78 is 0. The first kappa shape index (κ1) is 45.6. The highest BCUT2D eigenvalue weighted by molar-refractivity contribution is 6.73. The van der Waals surface area contributed by atoms with E-state index < -0.39 is 0 Å². The lowest BCUT2D eigenvalue weighted by molar-refractivity contribution is 0.332. The van der Waals surface area contributed by atoms with E-state index in [0.29, 0.717) is 0 Å². The van der Waals surface area contributed by atoms with Crippen LogP contribution in [0.1, 0.15) is 134 Å². The maximum atomic E-state index is 4.17. The number of nitrogens with one attached hydrogen (secondary N) is 1. The fourth-order valence-corrected chi connectivity index (χ4v) is 13.2. The number of fused-ring (bicyclic) bond motifs is 7. The molecule has 353 valence electrons. The SMILES string of the molecule is Cc1cc2c(cc1N1c3cc(-c4ccccc4)ccc3[B]c3c(-c4c(Nc5ccc6c(c5)C(C)(C)CCC6(C)C)ccc5c4C(C)(C)c4ccccc4-5)cc(-c4ccccc4)cc31)C(C)(C)CCC2(C)C. The molecule has 0 spiro atoms. The van der Waals surface area contributed by atoms with E-state index in [0.717, 1.165) is 17.8 Å². The van der Waals surface area contributed by atoms with E-state index in [1.54, 1.807) is 0 Å². The minimum Gasteiger partial charge on any atom is -0.355 e. The van der Waals surface area contributed by atoms with Crippen LogP contribution in [-0.4, -0.2) is 7.28 Å². The van der Waals surface area contributed by atoms with Gasteiger partial charge in [-0.05, 0) is 180 Å². The van der Waals surface area contributed by atoms with Crippen molar-refractivity contribution in [3.63, 3.8) is 0 Å². The molecule has 0 aromatic heterocycles. The third-order valence-corrected chi connectivity index (χ3v) is 17.7. The first-order valence-electron chi connectivity index (χ1n) is 26.3. The Hall–Kier alpha value is -6.58. The second-order valence-electron chi connectivity index (χ2n) is 24.6. The Balaban J connectivity index is 1.16. The van der Waals surface area contributed by atoms with Crippen LogP contribution < -0.4 is 21.1 Å². The third-order valence-electron chi connectivity index (χ3n) is 17.7. The molecule has 0 atom stereocenters. The summed E-state index contributed by atoms with van der Waals surface area (Å²) in [5.41, 5.74) is 28.3. The van der Waals surface area contributed by atoms with Crippen molar-refractivity contribution in [2.75, 3.05) is 10.2 Å². The van der Waals surface area contributed by atoms with Gasteiger partial charge in [0.05, 0.1) is 0 Å². The summed E-state index contributed by atoms with van der Waals surface area (Å²) in [6.45, 7) is 26.7. The van der Waals surface area contributed by atoms with Gasteiger partial charge in [0.15, 0.2) is 7.28 Å². The van der Waals surface area contributed by atoms with Crippen LogP contribution in [0.2, 0.25) is 0 Å². The van der Waals surface area contributed by atoms with Crippen LogP contribution in [0.5, 0.6) is 0 Å². The largest absolute Gasteiger partial charge is 0.355 e. The van der Waals surface area contributed by atoms with Gasteiger partial charge >= 0.3 is 0 Å². The molecule has 0 saturated heterocycles. The molecule has 0 amide bonds. The fraction of sp³-hybridized carbons (Fsp3) is 0.294. The maximum absolute atomic E-state index is 4.17. The van der Waals surface area contributed by atoms with E-state index in [-0.39, 0.29) is 27.1 Å². The molecule has 1 heterocycles. The van der Waals surface area contributed by atoms with Crippen molar-refractivity contribution in [3.8, 4) is 44.5 Å². The normalized spacial score (nSPS) is 17.9. The molecular weight excluding hydrogens is 856 g/mol. The quantitative estimate of drug-likeness (QED) is 0.167. The highest BCUT2D eigenvalue weighted by Crippen LogP contribution is 2.56. The molecule has 0 unspecified atom stereocenters. The second-order valence-corrected chi connectivity index (χ2v) is 24.6. The molecular formula is C68H68BN2. The van der Waals surface area contributed by atoms with Gasteiger partial charge in [-0.1, -0.05) is 190 Å². The molecule has 0 bridgehead atoms. The molecule has 1 aliphatic heterocycles. The molecule has 3 heteroatoms. The van der Waals surface area contributed by atoms with Crippen LogP contribution in [0.3, 0.4) is 0 Å². The Morgan fingerprint density at radius 3 is 1.68 bits per heavy atom. The zero-order valence-electron chi connectivity index (χ0n) is 43.9. The molecule has 2 nitrogen and oxygen atoms in total. The number of benzene rings is 8. The number of nitrogens with zero attached hydrogens (tertiary/aromatic N) is 1. The monoisotopic (exact) mass is 924 g/mol. The minimum atomic E-state index is -0.277. The standard InChI is InChI=1S/C68H68BN2/c1-42-36-53-55(67(8,9)35-34-65(53,4)5)41-58(42)71-59-38-45(43-20-14-12-15-21-43)26-30-56(59)69-63-50(37-46(39-60(63)71)44-22-16-13-17-23-44)61-57(31-28-49-48-24-18-19-25-51(48)68(10,11)62(49)61)70-47-27-29-52-54(40-47)66(6,7)33-32-64(52,2)3/h12-31,36-41,70H,32-35H2,1-11H3. The lowest BCUT2D eigenvalue weighted by atomic mass is 9.57. The maximum Gasteiger partial charge on any atom is 0.197 e. The highest BCUT2D eigenvalue weighted by atomic mass is 15.2. The highest BCUT2D eigenvalue weighted by Gasteiger charge is 2.42. The topological polar surface area (TPSA) is 15.3 Å². The van der Waals surface area contributed by atoms with Gasteiger partial charge in [0.1, 0.15) is 0 Å². The Morgan fingerprint density at radius 2 is 1.00 bits per heavy atom. The van der Waals surface area contributed by atoms with Crippen molar-refractivity contribution in [2.24, 2.45) is 0 Å². The zero-order chi connectivity index (χ0) is 49.4. The van der Waals surface area contributed by atoms with E-state index in [1.165, 1.54) is 131 Å². The summed E-state index contributed by atoms with van der Waals surface area (Å²) in [5.74, 6) is 0. The Kier molecular flexibility index (Phi) is 10.2. The van der Waals surface area contributed by atoms with Gasteiger partial charge in [0.2, 0.25) is 0 Å². The van der Waals surface area contributed by atoms with Crippen molar-refractivity contribution in [2.45, 2.75) is 129 Å². The van der Waals surface area contributed by atoms with E-state index in [9.17, 15) is 0 Å². The van der Waals surface area contributed by atoms with Gasteiger partial charge in [0, 0.05) is 39.4 Å². The van der Waals surface area contributed by atoms with E-state index in [2.05, 4.69) is 251 Å². The van der Waals surface area contributed by atoms with E-state index >= 15 is 0 Å². The number of rotatable bonds is 6. The predicted octanol–water partition coefficient (Wildman–Crippen LogP) is 17.2. The molecule has 12 rings (SSSR count). The van der Waals surface area contributed by atoms with Crippen LogP contribution >= 0.6 is 0 Å². The van der Waals surface area contributed by atoms with Crippen LogP contribution in [0.15, 0.2) is 158 Å². The summed E-state index contributed by atoms with van der Waals surface area (Å²) in [5, 5.41) is 4.17. The minimum absolute atomic E-state index is 0.0389. The van der Waals surface area contributed by atoms with Gasteiger partial charge in [0.25, 0.3) is 0 Å². The third kappa shape index (κ3) is 7.27. The summed E-state index contributed by atoms with van der Waals surface area (Å²) in [7, 11) is 2.50. The van der Waals surface area contributed by atoms with Crippen molar-refractivity contribution in [1.82, 2.24) is 0 Å².